The molecule has 0 saturated carbocycles. The quantitative estimate of drug-likeness (QED) is 0.865. The van der Waals surface area contributed by atoms with Gasteiger partial charge in [-0.1, -0.05) is 6.92 Å². The van der Waals surface area contributed by atoms with Crippen molar-refractivity contribution >= 4 is 15.7 Å². The maximum atomic E-state index is 11.8. The van der Waals surface area contributed by atoms with Crippen LogP contribution < -0.4 is 0 Å². The summed E-state index contributed by atoms with van der Waals surface area (Å²) in [5, 5.41) is 6.72. The molecular formula is C13H21N3O4S. The zero-order valence-electron chi connectivity index (χ0n) is 12.5. The van der Waals surface area contributed by atoms with Crippen LogP contribution in [0.1, 0.15) is 25.5 Å². The molecule has 8 heteroatoms. The van der Waals surface area contributed by atoms with Crippen LogP contribution in [0.5, 0.6) is 0 Å². The molecule has 2 rings (SSSR count). The molecule has 0 aliphatic carbocycles. The minimum absolute atomic E-state index is 0.0347. The third-order valence-electron chi connectivity index (χ3n) is 4.10. The molecule has 2 heterocycles. The van der Waals surface area contributed by atoms with Crippen LogP contribution in [0.25, 0.3) is 0 Å². The van der Waals surface area contributed by atoms with Crippen LogP contribution in [0, 0.1) is 0 Å². The van der Waals surface area contributed by atoms with E-state index in [1.165, 1.54) is 19.6 Å². The lowest BCUT2D eigenvalue weighted by atomic mass is 9.77. The Balaban J connectivity index is 2.17. The number of hydrogen-bond acceptors (Lipinski definition) is 5. The van der Waals surface area contributed by atoms with Crippen molar-refractivity contribution in [2.24, 2.45) is 0 Å². The van der Waals surface area contributed by atoms with Gasteiger partial charge in [-0.15, -0.1) is 0 Å². The fourth-order valence-electron chi connectivity index (χ4n) is 2.70. The molecule has 1 aromatic rings. The third kappa shape index (κ3) is 3.26. The highest BCUT2D eigenvalue weighted by Crippen LogP contribution is 2.37. The topological polar surface area (TPSA) is 92.4 Å². The van der Waals surface area contributed by atoms with Crippen molar-refractivity contribution in [2.75, 3.05) is 33.1 Å². The molecule has 7 nitrogen and oxygen atoms in total. The van der Waals surface area contributed by atoms with Crippen molar-refractivity contribution in [3.05, 3.63) is 11.9 Å². The number of nitrogens with zero attached hydrogens (tertiary/aromatic N) is 2. The largest absolute Gasteiger partial charge is 0.375 e. The lowest BCUT2D eigenvalue weighted by Crippen LogP contribution is -2.45. The first-order chi connectivity index (χ1) is 9.78. The van der Waals surface area contributed by atoms with E-state index in [1.54, 1.807) is 4.90 Å². The van der Waals surface area contributed by atoms with Crippen molar-refractivity contribution in [1.82, 2.24) is 15.1 Å². The second-order valence-electron chi connectivity index (χ2n) is 5.76. The molecule has 0 bridgehead atoms. The first kappa shape index (κ1) is 16.0. The predicted octanol–water partition coefficient (Wildman–Crippen LogP) is 0.340. The van der Waals surface area contributed by atoms with Gasteiger partial charge in [0.15, 0.2) is 9.84 Å². The zero-order valence-corrected chi connectivity index (χ0v) is 13.4. The van der Waals surface area contributed by atoms with Gasteiger partial charge in [0.2, 0.25) is 5.91 Å². The molecule has 1 aliphatic heterocycles. The van der Waals surface area contributed by atoms with E-state index < -0.39 is 9.84 Å². The molecule has 0 spiro atoms. The molecule has 1 N–H and O–H groups in total. The lowest BCUT2D eigenvalue weighted by Gasteiger charge is -2.39. The van der Waals surface area contributed by atoms with Gasteiger partial charge in [0.05, 0.1) is 11.9 Å². The van der Waals surface area contributed by atoms with E-state index in [-0.39, 0.29) is 22.8 Å². The van der Waals surface area contributed by atoms with E-state index >= 15 is 0 Å². The number of carbonyl (C=O) groups is 1. The van der Waals surface area contributed by atoms with E-state index in [1.807, 2.05) is 6.92 Å². The maximum Gasteiger partial charge on any atom is 0.248 e. The van der Waals surface area contributed by atoms with Gasteiger partial charge < -0.3 is 9.64 Å². The van der Waals surface area contributed by atoms with Crippen LogP contribution in [0.3, 0.4) is 0 Å². The number of rotatable bonds is 4. The second-order valence-corrected chi connectivity index (χ2v) is 7.74. The lowest BCUT2D eigenvalue weighted by molar-refractivity contribution is -0.136. The monoisotopic (exact) mass is 315 g/mol. The highest BCUT2D eigenvalue weighted by atomic mass is 32.2. The Kier molecular flexibility index (Phi) is 4.38. The van der Waals surface area contributed by atoms with Crippen LogP contribution in [0.4, 0.5) is 0 Å². The molecule has 1 amide bonds. The fourth-order valence-corrected chi connectivity index (χ4v) is 3.61. The average Bonchev–Trinajstić information content (AvgIpc) is 2.89. The highest BCUT2D eigenvalue weighted by Gasteiger charge is 2.37. The van der Waals surface area contributed by atoms with E-state index in [9.17, 15) is 13.2 Å². The fraction of sp³-hybridized carbons (Fsp3) is 0.692. The van der Waals surface area contributed by atoms with Crippen molar-refractivity contribution < 1.29 is 17.9 Å². The summed E-state index contributed by atoms with van der Waals surface area (Å²) in [6.07, 6.45) is 3.92. The number of nitrogens with one attached hydrogen (secondary N) is 1. The third-order valence-corrected chi connectivity index (χ3v) is 5.20. The molecule has 1 saturated heterocycles. The van der Waals surface area contributed by atoms with Gasteiger partial charge in [-0.25, -0.2) is 8.42 Å². The summed E-state index contributed by atoms with van der Waals surface area (Å²) >= 11 is 0. The number of hydrogen-bond donors (Lipinski definition) is 1. The van der Waals surface area contributed by atoms with E-state index in [2.05, 4.69) is 10.2 Å². The van der Waals surface area contributed by atoms with Crippen molar-refractivity contribution in [2.45, 2.75) is 30.1 Å². The van der Waals surface area contributed by atoms with Gasteiger partial charge in [0.25, 0.3) is 0 Å². The average molecular weight is 315 g/mol. The van der Waals surface area contributed by atoms with Crippen molar-refractivity contribution in [3.63, 3.8) is 0 Å². The summed E-state index contributed by atoms with van der Waals surface area (Å²) in [5.41, 5.74) is 0.322. The molecule has 0 unspecified atom stereocenters. The minimum atomic E-state index is -3.31. The molecule has 0 aromatic carbocycles. The van der Waals surface area contributed by atoms with Crippen molar-refractivity contribution in [1.29, 1.82) is 0 Å². The summed E-state index contributed by atoms with van der Waals surface area (Å²) < 4.78 is 28.5. The SMILES string of the molecule is COCC(=O)N1CCC(C)(c2[nH]ncc2S(C)(=O)=O)CC1. The van der Waals surface area contributed by atoms with Gasteiger partial charge in [-0.2, -0.15) is 5.10 Å². The second kappa shape index (κ2) is 5.76. The highest BCUT2D eigenvalue weighted by molar-refractivity contribution is 7.90. The number of amides is 1. The van der Waals surface area contributed by atoms with E-state index in [0.29, 0.717) is 31.6 Å². The first-order valence-corrected chi connectivity index (χ1v) is 8.68. The summed E-state index contributed by atoms with van der Waals surface area (Å²) in [4.78, 5) is 13.8. The van der Waals surface area contributed by atoms with Gasteiger partial charge in [-0.3, -0.25) is 9.89 Å². The molecule has 1 aromatic heterocycles. The molecular weight excluding hydrogens is 294 g/mol. The number of H-pyrrole nitrogens is 1. The van der Waals surface area contributed by atoms with Crippen LogP contribution >= 0.6 is 0 Å². The minimum Gasteiger partial charge on any atom is -0.375 e. The van der Waals surface area contributed by atoms with Gasteiger partial charge >= 0.3 is 0 Å². The Morgan fingerprint density at radius 1 is 1.48 bits per heavy atom. The number of sulfone groups is 1. The number of piperidine rings is 1. The van der Waals surface area contributed by atoms with E-state index in [0.717, 1.165) is 0 Å². The number of likely N-dealkylation sites (tertiary alicyclic amines) is 1. The Bertz CT molecular complexity index is 615. The van der Waals surface area contributed by atoms with Crippen molar-refractivity contribution in [3.8, 4) is 0 Å². The number of carbonyl (C=O) groups excluding carboxylic acids is 1. The molecule has 0 radical (unpaired) electrons. The first-order valence-electron chi connectivity index (χ1n) is 6.78. The molecule has 118 valence electrons. The van der Waals surface area contributed by atoms with Crippen LogP contribution in [-0.4, -0.2) is 62.5 Å². The number of aromatic nitrogens is 2. The van der Waals surface area contributed by atoms with Gasteiger partial charge in [0, 0.05) is 31.9 Å². The molecule has 1 aliphatic rings. The van der Waals surface area contributed by atoms with Crippen LogP contribution in [0.2, 0.25) is 0 Å². The number of methoxy groups -OCH3 is 1. The Labute approximate surface area is 124 Å². The number of aromatic amines is 1. The van der Waals surface area contributed by atoms with Crippen LogP contribution in [0.15, 0.2) is 11.1 Å². The summed E-state index contributed by atoms with van der Waals surface area (Å²) in [6.45, 7) is 3.25. The smallest absolute Gasteiger partial charge is 0.248 e. The van der Waals surface area contributed by atoms with E-state index in [4.69, 9.17) is 4.74 Å². The normalized spacial score (nSPS) is 18.7. The van der Waals surface area contributed by atoms with Crippen LogP contribution in [-0.2, 0) is 24.8 Å². The zero-order chi connectivity index (χ0) is 15.7. The summed E-state index contributed by atoms with van der Waals surface area (Å²) in [6, 6.07) is 0. The summed E-state index contributed by atoms with van der Waals surface area (Å²) in [7, 11) is -1.82. The van der Waals surface area contributed by atoms with Gasteiger partial charge in [-0.05, 0) is 12.8 Å². The van der Waals surface area contributed by atoms with Gasteiger partial charge in [0.1, 0.15) is 11.5 Å². The standard InChI is InChI=1S/C13H21N3O4S/c1-13(12-10(8-14-15-12)21(3,18)19)4-6-16(7-5-13)11(17)9-20-2/h8H,4-7,9H2,1-3H3,(H,14,15). The molecule has 21 heavy (non-hydrogen) atoms. The Morgan fingerprint density at radius 2 is 2.10 bits per heavy atom. The molecule has 0 atom stereocenters. The molecule has 1 fully saturated rings. The Hall–Kier alpha value is -1.41. The Morgan fingerprint density at radius 3 is 2.62 bits per heavy atom. The predicted molar refractivity (Wildman–Crippen MR) is 76.7 cm³/mol. The summed E-state index contributed by atoms with van der Waals surface area (Å²) in [5.74, 6) is -0.0347. The number of ether oxygens (including phenoxy) is 1. The maximum absolute atomic E-state index is 11.8.